The monoisotopic (exact) mass is 238 g/mol. The lowest BCUT2D eigenvalue weighted by molar-refractivity contribution is 0.778. The van der Waals surface area contributed by atoms with Crippen LogP contribution in [0.1, 0.15) is 37.3 Å². The molecule has 0 aliphatic rings. The Morgan fingerprint density at radius 1 is 1.38 bits per heavy atom. The zero-order valence-corrected chi connectivity index (χ0v) is 11.1. The number of hydrogen-bond acceptors (Lipinski definition) is 3. The van der Waals surface area contributed by atoms with E-state index in [-0.39, 0.29) is 0 Å². The molecule has 0 spiro atoms. The molecule has 1 heterocycles. The Labute approximate surface area is 103 Å². The Balaban J connectivity index is 2.47. The standard InChI is InChI=1S/C13H22N2S/c1-3-4-5-8-16-13-11(2)9-12(6-7-14)10-15-13/h9-10H,3-8,14H2,1-2H3. The largest absolute Gasteiger partial charge is 0.330 e. The van der Waals surface area contributed by atoms with Crippen molar-refractivity contribution in [3.63, 3.8) is 0 Å². The average molecular weight is 238 g/mol. The lowest BCUT2D eigenvalue weighted by Crippen LogP contribution is -2.03. The lowest BCUT2D eigenvalue weighted by Gasteiger charge is -2.06. The van der Waals surface area contributed by atoms with Gasteiger partial charge in [0.25, 0.3) is 0 Å². The maximum atomic E-state index is 5.53. The topological polar surface area (TPSA) is 38.9 Å². The van der Waals surface area contributed by atoms with Crippen molar-refractivity contribution in [3.05, 3.63) is 23.4 Å². The van der Waals surface area contributed by atoms with Crippen LogP contribution in [0.25, 0.3) is 0 Å². The normalized spacial score (nSPS) is 10.7. The number of aryl methyl sites for hydroxylation is 1. The molecule has 1 rings (SSSR count). The number of thioether (sulfide) groups is 1. The molecule has 0 aromatic carbocycles. The summed E-state index contributed by atoms with van der Waals surface area (Å²) in [6, 6.07) is 2.21. The molecule has 1 aromatic rings. The number of nitrogens with two attached hydrogens (primary N) is 1. The van der Waals surface area contributed by atoms with Crippen LogP contribution in [0.3, 0.4) is 0 Å². The fraction of sp³-hybridized carbons (Fsp3) is 0.615. The third-order valence-corrected chi connectivity index (χ3v) is 3.70. The van der Waals surface area contributed by atoms with Crippen molar-refractivity contribution in [1.82, 2.24) is 4.98 Å². The molecule has 2 N–H and O–H groups in total. The Morgan fingerprint density at radius 2 is 2.19 bits per heavy atom. The predicted molar refractivity (Wildman–Crippen MR) is 72.0 cm³/mol. The van der Waals surface area contributed by atoms with Crippen LogP contribution in [0.5, 0.6) is 0 Å². The zero-order valence-electron chi connectivity index (χ0n) is 10.3. The lowest BCUT2D eigenvalue weighted by atomic mass is 10.2. The molecule has 0 atom stereocenters. The zero-order chi connectivity index (χ0) is 11.8. The fourth-order valence-electron chi connectivity index (χ4n) is 1.60. The second kappa shape index (κ2) is 7.69. The van der Waals surface area contributed by atoms with E-state index >= 15 is 0 Å². The molecule has 0 aliphatic carbocycles. The van der Waals surface area contributed by atoms with E-state index in [4.69, 9.17) is 5.73 Å². The molecule has 2 nitrogen and oxygen atoms in total. The van der Waals surface area contributed by atoms with Gasteiger partial charge >= 0.3 is 0 Å². The number of hydrogen-bond donors (Lipinski definition) is 1. The SMILES string of the molecule is CCCCCSc1ncc(CCN)cc1C. The molecule has 0 unspecified atom stereocenters. The van der Waals surface area contributed by atoms with Gasteiger partial charge in [-0.3, -0.25) is 0 Å². The maximum Gasteiger partial charge on any atom is 0.0989 e. The minimum Gasteiger partial charge on any atom is -0.330 e. The molecule has 0 fully saturated rings. The molecular weight excluding hydrogens is 216 g/mol. The molecular formula is C13H22N2S. The van der Waals surface area contributed by atoms with Crippen molar-refractivity contribution in [3.8, 4) is 0 Å². The number of pyridine rings is 1. The van der Waals surface area contributed by atoms with E-state index in [0.717, 1.165) is 6.42 Å². The van der Waals surface area contributed by atoms with Gasteiger partial charge in [0.1, 0.15) is 0 Å². The first-order valence-electron chi connectivity index (χ1n) is 6.06. The highest BCUT2D eigenvalue weighted by atomic mass is 32.2. The van der Waals surface area contributed by atoms with E-state index in [1.165, 1.54) is 41.2 Å². The molecule has 90 valence electrons. The van der Waals surface area contributed by atoms with Gasteiger partial charge in [0.05, 0.1) is 5.03 Å². The quantitative estimate of drug-likeness (QED) is 0.586. The van der Waals surface area contributed by atoms with Gasteiger partial charge in [-0.05, 0) is 43.2 Å². The van der Waals surface area contributed by atoms with Crippen LogP contribution in [0.4, 0.5) is 0 Å². The second-order valence-electron chi connectivity index (χ2n) is 4.06. The highest BCUT2D eigenvalue weighted by Gasteiger charge is 2.02. The maximum absolute atomic E-state index is 5.53. The van der Waals surface area contributed by atoms with Crippen molar-refractivity contribution >= 4 is 11.8 Å². The van der Waals surface area contributed by atoms with Gasteiger partial charge in [0, 0.05) is 6.20 Å². The van der Waals surface area contributed by atoms with Crippen molar-refractivity contribution in [2.45, 2.75) is 44.6 Å². The van der Waals surface area contributed by atoms with E-state index < -0.39 is 0 Å². The van der Waals surface area contributed by atoms with Crippen molar-refractivity contribution in [2.75, 3.05) is 12.3 Å². The Kier molecular flexibility index (Phi) is 6.50. The van der Waals surface area contributed by atoms with Gasteiger partial charge < -0.3 is 5.73 Å². The van der Waals surface area contributed by atoms with Gasteiger partial charge in [-0.15, -0.1) is 11.8 Å². The van der Waals surface area contributed by atoms with Crippen molar-refractivity contribution in [2.24, 2.45) is 5.73 Å². The predicted octanol–water partition coefficient (Wildman–Crippen LogP) is 3.17. The van der Waals surface area contributed by atoms with Crippen molar-refractivity contribution < 1.29 is 0 Å². The summed E-state index contributed by atoms with van der Waals surface area (Å²) in [4.78, 5) is 4.50. The Hall–Kier alpha value is -0.540. The van der Waals surface area contributed by atoms with Crippen molar-refractivity contribution in [1.29, 1.82) is 0 Å². The van der Waals surface area contributed by atoms with Gasteiger partial charge in [-0.1, -0.05) is 25.8 Å². The summed E-state index contributed by atoms with van der Waals surface area (Å²) < 4.78 is 0. The van der Waals surface area contributed by atoms with Crippen LogP contribution in [0.2, 0.25) is 0 Å². The molecule has 3 heteroatoms. The van der Waals surface area contributed by atoms with Crippen LogP contribution >= 0.6 is 11.8 Å². The van der Waals surface area contributed by atoms with Crippen LogP contribution in [-0.4, -0.2) is 17.3 Å². The molecule has 0 amide bonds. The summed E-state index contributed by atoms with van der Waals surface area (Å²) in [5.41, 5.74) is 8.06. The summed E-state index contributed by atoms with van der Waals surface area (Å²) in [6.07, 6.45) is 6.77. The number of aromatic nitrogens is 1. The highest BCUT2D eigenvalue weighted by Crippen LogP contribution is 2.21. The van der Waals surface area contributed by atoms with E-state index in [0.29, 0.717) is 6.54 Å². The molecule has 0 radical (unpaired) electrons. The van der Waals surface area contributed by atoms with Crippen LogP contribution < -0.4 is 5.73 Å². The summed E-state index contributed by atoms with van der Waals surface area (Å²) in [5, 5.41) is 1.18. The average Bonchev–Trinajstić information content (AvgIpc) is 2.27. The molecule has 0 saturated carbocycles. The minimum atomic E-state index is 0.699. The smallest absolute Gasteiger partial charge is 0.0989 e. The first-order valence-corrected chi connectivity index (χ1v) is 7.05. The number of rotatable bonds is 7. The van der Waals surface area contributed by atoms with Crippen LogP contribution in [0.15, 0.2) is 17.3 Å². The van der Waals surface area contributed by atoms with Gasteiger partial charge in [0.2, 0.25) is 0 Å². The number of unbranched alkanes of at least 4 members (excludes halogenated alkanes) is 2. The summed E-state index contributed by atoms with van der Waals surface area (Å²) in [6.45, 7) is 5.06. The van der Waals surface area contributed by atoms with Crippen LogP contribution in [0, 0.1) is 6.92 Å². The third kappa shape index (κ3) is 4.54. The minimum absolute atomic E-state index is 0.699. The molecule has 0 aliphatic heterocycles. The first kappa shape index (κ1) is 13.5. The van der Waals surface area contributed by atoms with E-state index in [1.54, 1.807) is 0 Å². The number of nitrogens with zero attached hydrogens (tertiary/aromatic N) is 1. The summed E-state index contributed by atoms with van der Waals surface area (Å²) in [7, 11) is 0. The Bertz CT molecular complexity index is 313. The van der Waals surface area contributed by atoms with E-state index in [9.17, 15) is 0 Å². The molecule has 16 heavy (non-hydrogen) atoms. The fourth-order valence-corrected chi connectivity index (χ4v) is 2.55. The van der Waals surface area contributed by atoms with Gasteiger partial charge in [-0.2, -0.15) is 0 Å². The van der Waals surface area contributed by atoms with E-state index in [2.05, 4.69) is 24.9 Å². The summed E-state index contributed by atoms with van der Waals surface area (Å²) >= 11 is 1.87. The van der Waals surface area contributed by atoms with Gasteiger partial charge in [0.15, 0.2) is 0 Å². The van der Waals surface area contributed by atoms with Gasteiger partial charge in [-0.25, -0.2) is 4.98 Å². The summed E-state index contributed by atoms with van der Waals surface area (Å²) in [5.74, 6) is 1.18. The first-order chi connectivity index (χ1) is 7.77. The van der Waals surface area contributed by atoms with Crippen LogP contribution in [-0.2, 0) is 6.42 Å². The molecule has 0 saturated heterocycles. The molecule has 0 bridgehead atoms. The second-order valence-corrected chi connectivity index (χ2v) is 5.14. The Morgan fingerprint density at radius 3 is 2.81 bits per heavy atom. The third-order valence-electron chi connectivity index (χ3n) is 2.51. The van der Waals surface area contributed by atoms with E-state index in [1.807, 2.05) is 18.0 Å². The molecule has 1 aromatic heterocycles. The highest BCUT2D eigenvalue weighted by molar-refractivity contribution is 7.99.